The molecule has 2 aliphatic rings. The number of ether oxygens (including phenoxy) is 2. The number of nitrogens with zero attached hydrogens (tertiary/aromatic N) is 1. The number of rotatable bonds is 6. The quantitative estimate of drug-likeness (QED) is 0.389. The average Bonchev–Trinajstić information content (AvgIpc) is 3.07. The van der Waals surface area contributed by atoms with Gasteiger partial charge in [0.15, 0.2) is 11.5 Å². The molecule has 1 aliphatic carbocycles. The van der Waals surface area contributed by atoms with Crippen LogP contribution in [0, 0.1) is 6.92 Å². The standard InChI is InChI=1S/C25H27NO3S2/c1-17-8-10-18(11-9-17)16-29-21-13-12-19(14-22(21)28-2)15-23-24(27)26(25(30)31-23)20-6-4-3-5-7-20/h8-15,20H,3-7,16H2,1-2H3/b23-15-. The molecule has 0 spiro atoms. The number of methoxy groups -OCH3 is 1. The van der Waals surface area contributed by atoms with Gasteiger partial charge < -0.3 is 9.47 Å². The van der Waals surface area contributed by atoms with Gasteiger partial charge >= 0.3 is 0 Å². The van der Waals surface area contributed by atoms with Crippen LogP contribution >= 0.6 is 24.0 Å². The summed E-state index contributed by atoms with van der Waals surface area (Å²) < 4.78 is 12.2. The third-order valence-corrected chi connectivity index (χ3v) is 7.09. The van der Waals surface area contributed by atoms with Gasteiger partial charge in [0.05, 0.1) is 12.0 Å². The maximum atomic E-state index is 13.0. The highest BCUT2D eigenvalue weighted by Gasteiger charge is 2.37. The lowest BCUT2D eigenvalue weighted by molar-refractivity contribution is -0.124. The molecule has 1 saturated heterocycles. The molecule has 4 nitrogen and oxygen atoms in total. The fourth-order valence-electron chi connectivity index (χ4n) is 4.02. The predicted octanol–water partition coefficient (Wildman–Crippen LogP) is 6.12. The van der Waals surface area contributed by atoms with E-state index in [-0.39, 0.29) is 11.9 Å². The van der Waals surface area contributed by atoms with Crippen LogP contribution in [0.5, 0.6) is 11.5 Å². The number of hydrogen-bond acceptors (Lipinski definition) is 5. The van der Waals surface area contributed by atoms with Crippen LogP contribution in [0.2, 0.25) is 0 Å². The minimum Gasteiger partial charge on any atom is -0.493 e. The van der Waals surface area contributed by atoms with Crippen LogP contribution < -0.4 is 9.47 Å². The predicted molar refractivity (Wildman–Crippen MR) is 130 cm³/mol. The average molecular weight is 454 g/mol. The van der Waals surface area contributed by atoms with Crippen LogP contribution in [0.15, 0.2) is 47.4 Å². The van der Waals surface area contributed by atoms with E-state index in [1.54, 1.807) is 7.11 Å². The zero-order chi connectivity index (χ0) is 21.8. The largest absolute Gasteiger partial charge is 0.493 e. The van der Waals surface area contributed by atoms with Crippen molar-refractivity contribution in [2.75, 3.05) is 7.11 Å². The van der Waals surface area contributed by atoms with Crippen molar-refractivity contribution in [1.29, 1.82) is 0 Å². The van der Waals surface area contributed by atoms with Crippen molar-refractivity contribution in [3.63, 3.8) is 0 Å². The highest BCUT2D eigenvalue weighted by molar-refractivity contribution is 8.26. The summed E-state index contributed by atoms with van der Waals surface area (Å²) in [4.78, 5) is 15.5. The molecule has 1 aliphatic heterocycles. The number of amides is 1. The normalized spacial score (nSPS) is 18.6. The van der Waals surface area contributed by atoms with Gasteiger partial charge in [-0.15, -0.1) is 0 Å². The van der Waals surface area contributed by atoms with Gasteiger partial charge in [0.1, 0.15) is 10.9 Å². The lowest BCUT2D eigenvalue weighted by atomic mass is 9.94. The number of carbonyl (C=O) groups excluding carboxylic acids is 1. The van der Waals surface area contributed by atoms with Crippen molar-refractivity contribution in [3.8, 4) is 11.5 Å². The number of carbonyl (C=O) groups is 1. The zero-order valence-electron chi connectivity index (χ0n) is 17.9. The van der Waals surface area contributed by atoms with Gasteiger partial charge in [-0.2, -0.15) is 0 Å². The molecule has 1 saturated carbocycles. The van der Waals surface area contributed by atoms with Crippen LogP contribution in [0.4, 0.5) is 0 Å². The molecule has 1 heterocycles. The maximum absolute atomic E-state index is 13.0. The van der Waals surface area contributed by atoms with Gasteiger partial charge in [-0.05, 0) is 49.1 Å². The molecule has 0 radical (unpaired) electrons. The zero-order valence-corrected chi connectivity index (χ0v) is 19.6. The van der Waals surface area contributed by atoms with Gasteiger partial charge in [0.2, 0.25) is 0 Å². The smallest absolute Gasteiger partial charge is 0.266 e. The summed E-state index contributed by atoms with van der Waals surface area (Å²) in [6.45, 7) is 2.53. The second-order valence-corrected chi connectivity index (χ2v) is 9.70. The molecule has 0 bridgehead atoms. The second kappa shape index (κ2) is 9.88. The summed E-state index contributed by atoms with van der Waals surface area (Å²) in [6, 6.07) is 14.2. The maximum Gasteiger partial charge on any atom is 0.266 e. The Morgan fingerprint density at radius 2 is 1.84 bits per heavy atom. The van der Waals surface area contributed by atoms with Crippen LogP contribution in [0.1, 0.15) is 48.8 Å². The number of thioether (sulfide) groups is 1. The molecule has 6 heteroatoms. The number of aryl methyl sites for hydroxylation is 1. The Morgan fingerprint density at radius 1 is 1.10 bits per heavy atom. The van der Waals surface area contributed by atoms with Crippen LogP contribution in [0.3, 0.4) is 0 Å². The number of benzene rings is 2. The first-order valence-corrected chi connectivity index (χ1v) is 11.9. The Bertz CT molecular complexity index is 994. The van der Waals surface area contributed by atoms with Gasteiger partial charge in [-0.25, -0.2) is 0 Å². The van der Waals surface area contributed by atoms with Crippen molar-refractivity contribution < 1.29 is 14.3 Å². The van der Waals surface area contributed by atoms with E-state index in [1.165, 1.54) is 36.6 Å². The highest BCUT2D eigenvalue weighted by atomic mass is 32.2. The van der Waals surface area contributed by atoms with Crippen molar-refractivity contribution in [2.24, 2.45) is 0 Å². The minimum atomic E-state index is 0.0283. The lowest BCUT2D eigenvalue weighted by Gasteiger charge is -2.29. The van der Waals surface area contributed by atoms with Crippen LogP contribution in [-0.2, 0) is 11.4 Å². The highest BCUT2D eigenvalue weighted by Crippen LogP contribution is 2.38. The van der Waals surface area contributed by atoms with Crippen LogP contribution in [-0.4, -0.2) is 28.3 Å². The third-order valence-electron chi connectivity index (χ3n) is 5.76. The summed E-state index contributed by atoms with van der Waals surface area (Å²) >= 11 is 6.93. The first-order chi connectivity index (χ1) is 15.0. The summed E-state index contributed by atoms with van der Waals surface area (Å²) in [6.07, 6.45) is 7.57. The van der Waals surface area contributed by atoms with Gasteiger partial charge in [0, 0.05) is 6.04 Å². The Labute approximate surface area is 193 Å². The lowest BCUT2D eigenvalue weighted by Crippen LogP contribution is -2.39. The molecular weight excluding hydrogens is 426 g/mol. The topological polar surface area (TPSA) is 38.8 Å². The third kappa shape index (κ3) is 5.13. The summed E-state index contributed by atoms with van der Waals surface area (Å²) in [5, 5.41) is 0. The molecule has 4 rings (SSSR count). The molecular formula is C25H27NO3S2. The van der Waals surface area contributed by atoms with Crippen LogP contribution in [0.25, 0.3) is 6.08 Å². The Hall–Kier alpha value is -2.31. The van der Waals surface area contributed by atoms with E-state index in [0.717, 1.165) is 24.0 Å². The molecule has 162 valence electrons. The Morgan fingerprint density at radius 3 is 2.55 bits per heavy atom. The van der Waals surface area contributed by atoms with E-state index in [0.29, 0.717) is 27.3 Å². The number of thiocarbonyl (C=S) groups is 1. The van der Waals surface area contributed by atoms with E-state index in [4.69, 9.17) is 21.7 Å². The first-order valence-electron chi connectivity index (χ1n) is 10.7. The molecule has 0 unspecified atom stereocenters. The fraction of sp³-hybridized carbons (Fsp3) is 0.360. The van der Waals surface area contributed by atoms with E-state index in [1.807, 2.05) is 29.2 Å². The Balaban J connectivity index is 1.48. The molecule has 0 atom stereocenters. The molecule has 31 heavy (non-hydrogen) atoms. The summed E-state index contributed by atoms with van der Waals surface area (Å²) in [5.41, 5.74) is 3.21. The van der Waals surface area contributed by atoms with Gasteiger partial charge in [-0.3, -0.25) is 9.69 Å². The van der Waals surface area contributed by atoms with E-state index in [9.17, 15) is 4.79 Å². The molecule has 2 aromatic rings. The van der Waals surface area contributed by atoms with Gasteiger partial charge in [-0.1, -0.05) is 79.1 Å². The summed E-state index contributed by atoms with van der Waals surface area (Å²) in [7, 11) is 1.63. The SMILES string of the molecule is COc1cc(/C=C2\SC(=S)N(C3CCCCC3)C2=O)ccc1OCc1ccc(C)cc1. The molecule has 0 aromatic heterocycles. The Kier molecular flexibility index (Phi) is 6.98. The van der Waals surface area contributed by atoms with E-state index >= 15 is 0 Å². The first kappa shape index (κ1) is 21.9. The summed E-state index contributed by atoms with van der Waals surface area (Å²) in [5.74, 6) is 1.35. The van der Waals surface area contributed by atoms with E-state index in [2.05, 4.69) is 31.2 Å². The van der Waals surface area contributed by atoms with E-state index < -0.39 is 0 Å². The molecule has 0 N–H and O–H groups in total. The van der Waals surface area contributed by atoms with Crippen molar-refractivity contribution >= 4 is 40.3 Å². The second-order valence-electron chi connectivity index (χ2n) is 8.03. The van der Waals surface area contributed by atoms with Gasteiger partial charge in [0.25, 0.3) is 5.91 Å². The number of hydrogen-bond donors (Lipinski definition) is 0. The molecule has 2 aromatic carbocycles. The van der Waals surface area contributed by atoms with Crippen molar-refractivity contribution in [1.82, 2.24) is 4.90 Å². The molecule has 2 fully saturated rings. The minimum absolute atomic E-state index is 0.0283. The van der Waals surface area contributed by atoms with Crippen molar-refractivity contribution in [3.05, 3.63) is 64.1 Å². The monoisotopic (exact) mass is 453 g/mol. The molecule has 1 amide bonds. The van der Waals surface area contributed by atoms with Crippen molar-refractivity contribution in [2.45, 2.75) is 51.7 Å². The fourth-order valence-corrected chi connectivity index (χ4v) is 5.42.